The standard InChI is InChI=1S/C18H23N3O2/c1-20-7-8-23-17(12-20)13-21(11-14-5-6-14)18(22)16-4-2-3-15(9-16)10-19/h2-4,9,14,17H,5-8,11-13H2,1H3/t17-/m0/s1. The van der Waals surface area contributed by atoms with Crippen LogP contribution in [0.3, 0.4) is 0 Å². The second-order valence-electron chi connectivity index (χ2n) is 6.60. The molecule has 5 heteroatoms. The molecule has 2 aliphatic rings. The molecule has 0 bridgehead atoms. The molecule has 0 aromatic heterocycles. The number of carbonyl (C=O) groups excluding carboxylic acids is 1. The number of likely N-dealkylation sites (N-methyl/N-ethyl adjacent to an activating group) is 1. The van der Waals surface area contributed by atoms with Crippen LogP contribution in [0.5, 0.6) is 0 Å². The fourth-order valence-electron chi connectivity index (χ4n) is 2.98. The molecule has 1 heterocycles. The summed E-state index contributed by atoms with van der Waals surface area (Å²) in [4.78, 5) is 17.0. The smallest absolute Gasteiger partial charge is 0.253 e. The van der Waals surface area contributed by atoms with E-state index in [9.17, 15) is 4.79 Å². The number of nitrogens with zero attached hydrogens (tertiary/aromatic N) is 3. The topological polar surface area (TPSA) is 56.6 Å². The van der Waals surface area contributed by atoms with Crippen LogP contribution in [0.1, 0.15) is 28.8 Å². The van der Waals surface area contributed by atoms with Crippen molar-refractivity contribution < 1.29 is 9.53 Å². The van der Waals surface area contributed by atoms with E-state index in [1.54, 1.807) is 24.3 Å². The number of nitriles is 1. The normalized spacial score (nSPS) is 21.7. The van der Waals surface area contributed by atoms with E-state index in [4.69, 9.17) is 10.00 Å². The Hall–Kier alpha value is -1.90. The fraction of sp³-hybridized carbons (Fsp3) is 0.556. The van der Waals surface area contributed by atoms with Crippen molar-refractivity contribution in [2.75, 3.05) is 39.8 Å². The van der Waals surface area contributed by atoms with Gasteiger partial charge in [-0.25, -0.2) is 0 Å². The predicted octanol–water partition coefficient (Wildman–Crippen LogP) is 1.74. The highest BCUT2D eigenvalue weighted by Crippen LogP contribution is 2.30. The van der Waals surface area contributed by atoms with Gasteiger partial charge in [0.1, 0.15) is 0 Å². The summed E-state index contributed by atoms with van der Waals surface area (Å²) >= 11 is 0. The van der Waals surface area contributed by atoms with Gasteiger partial charge in [-0.2, -0.15) is 5.26 Å². The first-order chi connectivity index (χ1) is 11.2. The molecule has 0 radical (unpaired) electrons. The quantitative estimate of drug-likeness (QED) is 0.831. The highest BCUT2D eigenvalue weighted by Gasteiger charge is 2.30. The lowest BCUT2D eigenvalue weighted by molar-refractivity contribution is -0.0331. The van der Waals surface area contributed by atoms with Gasteiger partial charge in [-0.3, -0.25) is 4.79 Å². The molecule has 0 spiro atoms. The van der Waals surface area contributed by atoms with Gasteiger partial charge in [-0.15, -0.1) is 0 Å². The van der Waals surface area contributed by atoms with Crippen molar-refractivity contribution in [3.63, 3.8) is 0 Å². The Bertz CT molecular complexity index is 607. The third-order valence-corrected chi connectivity index (χ3v) is 4.47. The summed E-state index contributed by atoms with van der Waals surface area (Å²) in [5, 5.41) is 9.03. The Morgan fingerprint density at radius 2 is 2.26 bits per heavy atom. The van der Waals surface area contributed by atoms with Gasteiger partial charge in [0.2, 0.25) is 0 Å². The van der Waals surface area contributed by atoms with Crippen molar-refractivity contribution in [2.45, 2.75) is 18.9 Å². The van der Waals surface area contributed by atoms with E-state index in [1.807, 2.05) is 4.90 Å². The SMILES string of the molecule is CN1CCO[C@H](CN(CC2CC2)C(=O)c2cccc(C#N)c2)C1. The Balaban J connectivity index is 1.72. The van der Waals surface area contributed by atoms with Gasteiger partial charge in [0.15, 0.2) is 0 Å². The Kier molecular flexibility index (Phi) is 4.94. The zero-order valence-corrected chi connectivity index (χ0v) is 13.6. The van der Waals surface area contributed by atoms with Gasteiger partial charge in [0.05, 0.1) is 24.3 Å². The number of carbonyl (C=O) groups is 1. The zero-order chi connectivity index (χ0) is 16.2. The van der Waals surface area contributed by atoms with Crippen LogP contribution in [0.2, 0.25) is 0 Å². The summed E-state index contributed by atoms with van der Waals surface area (Å²) in [6, 6.07) is 9.06. The van der Waals surface area contributed by atoms with Crippen LogP contribution in [0.4, 0.5) is 0 Å². The third-order valence-electron chi connectivity index (χ3n) is 4.47. The van der Waals surface area contributed by atoms with Crippen molar-refractivity contribution in [1.82, 2.24) is 9.80 Å². The molecule has 122 valence electrons. The molecule has 1 amide bonds. The molecular formula is C18H23N3O2. The van der Waals surface area contributed by atoms with E-state index < -0.39 is 0 Å². The van der Waals surface area contributed by atoms with Crippen LogP contribution in [0, 0.1) is 17.2 Å². The molecule has 0 unspecified atom stereocenters. The molecule has 23 heavy (non-hydrogen) atoms. The lowest BCUT2D eigenvalue weighted by atomic mass is 10.1. The van der Waals surface area contributed by atoms with Gasteiger partial charge in [-0.05, 0) is 44.0 Å². The second-order valence-corrected chi connectivity index (χ2v) is 6.60. The van der Waals surface area contributed by atoms with Crippen molar-refractivity contribution in [3.05, 3.63) is 35.4 Å². The van der Waals surface area contributed by atoms with Crippen LogP contribution >= 0.6 is 0 Å². The Labute approximate surface area is 137 Å². The van der Waals surface area contributed by atoms with Crippen LogP contribution in [-0.2, 0) is 4.74 Å². The Morgan fingerprint density at radius 1 is 1.43 bits per heavy atom. The van der Waals surface area contributed by atoms with E-state index in [-0.39, 0.29) is 12.0 Å². The van der Waals surface area contributed by atoms with Crippen LogP contribution in [0.25, 0.3) is 0 Å². The fourth-order valence-corrected chi connectivity index (χ4v) is 2.98. The van der Waals surface area contributed by atoms with E-state index in [2.05, 4.69) is 18.0 Å². The summed E-state index contributed by atoms with van der Waals surface area (Å²) in [6.45, 7) is 3.93. The molecule has 1 aromatic rings. The molecule has 1 saturated heterocycles. The second kappa shape index (κ2) is 7.12. The van der Waals surface area contributed by atoms with E-state index in [0.29, 0.717) is 23.6 Å². The van der Waals surface area contributed by atoms with Crippen LogP contribution in [0.15, 0.2) is 24.3 Å². The first-order valence-corrected chi connectivity index (χ1v) is 8.25. The molecule has 1 aromatic carbocycles. The molecule has 2 fully saturated rings. The van der Waals surface area contributed by atoms with Crippen molar-refractivity contribution in [3.8, 4) is 6.07 Å². The van der Waals surface area contributed by atoms with Gasteiger partial charge < -0.3 is 14.5 Å². The maximum Gasteiger partial charge on any atom is 0.253 e. The number of morpholine rings is 1. The molecule has 1 atom stereocenters. The average molecular weight is 313 g/mol. The summed E-state index contributed by atoms with van der Waals surface area (Å²) in [7, 11) is 2.08. The Morgan fingerprint density at radius 3 is 2.96 bits per heavy atom. The van der Waals surface area contributed by atoms with E-state index >= 15 is 0 Å². The molecule has 1 aliphatic heterocycles. The van der Waals surface area contributed by atoms with Gasteiger partial charge in [0.25, 0.3) is 5.91 Å². The molecular weight excluding hydrogens is 290 g/mol. The number of amides is 1. The highest BCUT2D eigenvalue weighted by molar-refractivity contribution is 5.94. The van der Waals surface area contributed by atoms with Gasteiger partial charge >= 0.3 is 0 Å². The monoisotopic (exact) mass is 313 g/mol. The highest BCUT2D eigenvalue weighted by atomic mass is 16.5. The minimum atomic E-state index is 0.00539. The number of hydrogen-bond acceptors (Lipinski definition) is 4. The van der Waals surface area contributed by atoms with Crippen LogP contribution < -0.4 is 0 Å². The maximum absolute atomic E-state index is 12.9. The molecule has 3 rings (SSSR count). The lowest BCUT2D eigenvalue weighted by Gasteiger charge is -2.34. The third kappa shape index (κ3) is 4.31. The number of hydrogen-bond donors (Lipinski definition) is 0. The lowest BCUT2D eigenvalue weighted by Crippen LogP contribution is -2.48. The van der Waals surface area contributed by atoms with E-state index in [0.717, 1.165) is 26.2 Å². The number of ether oxygens (including phenoxy) is 1. The minimum absolute atomic E-state index is 0.00539. The first kappa shape index (κ1) is 16.0. The van der Waals surface area contributed by atoms with Crippen molar-refractivity contribution >= 4 is 5.91 Å². The molecule has 5 nitrogen and oxygen atoms in total. The summed E-state index contributed by atoms with van der Waals surface area (Å²) < 4.78 is 5.82. The number of rotatable bonds is 5. The summed E-state index contributed by atoms with van der Waals surface area (Å²) in [5.74, 6) is 0.630. The molecule has 1 saturated carbocycles. The largest absolute Gasteiger partial charge is 0.374 e. The van der Waals surface area contributed by atoms with Crippen LogP contribution in [-0.4, -0.2) is 61.6 Å². The van der Waals surface area contributed by atoms with Gasteiger partial charge in [-0.1, -0.05) is 6.07 Å². The summed E-state index contributed by atoms with van der Waals surface area (Å²) in [5.41, 5.74) is 1.12. The summed E-state index contributed by atoms with van der Waals surface area (Å²) in [6.07, 6.45) is 2.47. The number of benzene rings is 1. The maximum atomic E-state index is 12.9. The first-order valence-electron chi connectivity index (χ1n) is 8.25. The van der Waals surface area contributed by atoms with Crippen molar-refractivity contribution in [2.24, 2.45) is 5.92 Å². The molecule has 1 aliphatic carbocycles. The average Bonchev–Trinajstić information content (AvgIpc) is 3.38. The van der Waals surface area contributed by atoms with Gasteiger partial charge in [0, 0.05) is 31.7 Å². The van der Waals surface area contributed by atoms with Crippen molar-refractivity contribution in [1.29, 1.82) is 5.26 Å². The minimum Gasteiger partial charge on any atom is -0.374 e. The van der Waals surface area contributed by atoms with E-state index in [1.165, 1.54) is 12.8 Å². The zero-order valence-electron chi connectivity index (χ0n) is 13.6. The molecule has 0 N–H and O–H groups in total. The predicted molar refractivity (Wildman–Crippen MR) is 87.0 cm³/mol.